The lowest BCUT2D eigenvalue weighted by atomic mass is 9.99. The van der Waals surface area contributed by atoms with Crippen LogP contribution in [0.3, 0.4) is 0 Å². The Morgan fingerprint density at radius 2 is 1.86 bits per heavy atom. The Kier molecular flexibility index (Phi) is 4.95. The summed E-state index contributed by atoms with van der Waals surface area (Å²) in [5.74, 6) is -2.09. The third-order valence-corrected chi connectivity index (χ3v) is 4.85. The number of morpholine rings is 1. The summed E-state index contributed by atoms with van der Waals surface area (Å²) < 4.78 is 33.7. The van der Waals surface area contributed by atoms with Gasteiger partial charge in [0.05, 0.1) is 18.8 Å². The highest BCUT2D eigenvalue weighted by Gasteiger charge is 2.21. The first-order valence-electron chi connectivity index (χ1n) is 9.06. The quantitative estimate of drug-likeness (QED) is 0.850. The van der Waals surface area contributed by atoms with Gasteiger partial charge in [-0.05, 0) is 42.3 Å². The molecule has 8 heteroatoms. The molecule has 0 bridgehead atoms. The summed E-state index contributed by atoms with van der Waals surface area (Å²) >= 11 is 0. The lowest BCUT2D eigenvalue weighted by molar-refractivity contribution is -0.116. The highest BCUT2D eigenvalue weighted by Crippen LogP contribution is 2.27. The van der Waals surface area contributed by atoms with Gasteiger partial charge in [0.15, 0.2) is 0 Å². The van der Waals surface area contributed by atoms with Crippen molar-refractivity contribution < 1.29 is 23.1 Å². The van der Waals surface area contributed by atoms with Gasteiger partial charge in [0.2, 0.25) is 5.91 Å². The monoisotopic (exact) mass is 387 g/mol. The van der Waals surface area contributed by atoms with Crippen molar-refractivity contribution in [2.75, 3.05) is 41.8 Å². The van der Waals surface area contributed by atoms with Crippen LogP contribution in [0.2, 0.25) is 0 Å². The van der Waals surface area contributed by atoms with Crippen molar-refractivity contribution in [1.29, 1.82) is 0 Å². The molecule has 0 spiro atoms. The van der Waals surface area contributed by atoms with Gasteiger partial charge < -0.3 is 20.3 Å². The molecule has 6 nitrogen and oxygen atoms in total. The Morgan fingerprint density at radius 3 is 2.64 bits per heavy atom. The molecule has 4 rings (SSSR count). The lowest BCUT2D eigenvalue weighted by Crippen LogP contribution is -2.36. The van der Waals surface area contributed by atoms with Gasteiger partial charge in [-0.2, -0.15) is 0 Å². The summed E-state index contributed by atoms with van der Waals surface area (Å²) in [6.45, 7) is 2.36. The molecule has 2 aromatic rings. The fraction of sp³-hybridized carbons (Fsp3) is 0.300. The number of amides is 2. The van der Waals surface area contributed by atoms with Crippen molar-refractivity contribution in [3.63, 3.8) is 0 Å². The van der Waals surface area contributed by atoms with Gasteiger partial charge in [-0.25, -0.2) is 8.78 Å². The number of nitrogens with zero attached hydrogens (tertiary/aromatic N) is 1. The number of halogens is 2. The van der Waals surface area contributed by atoms with Crippen LogP contribution in [-0.4, -0.2) is 38.1 Å². The number of carbonyl (C=O) groups excluding carboxylic acids is 2. The van der Waals surface area contributed by atoms with Gasteiger partial charge in [-0.3, -0.25) is 9.59 Å². The second-order valence-electron chi connectivity index (χ2n) is 6.79. The molecule has 2 N–H and O–H groups in total. The molecule has 2 aliphatic rings. The topological polar surface area (TPSA) is 70.7 Å². The van der Waals surface area contributed by atoms with Crippen LogP contribution in [0.5, 0.6) is 0 Å². The van der Waals surface area contributed by atoms with Gasteiger partial charge in [-0.1, -0.05) is 0 Å². The number of anilines is 3. The number of aryl methyl sites for hydroxylation is 1. The molecular formula is C20H19F2N3O3. The van der Waals surface area contributed by atoms with E-state index in [2.05, 4.69) is 10.6 Å². The second-order valence-corrected chi connectivity index (χ2v) is 6.79. The van der Waals surface area contributed by atoms with Crippen molar-refractivity contribution >= 4 is 28.9 Å². The van der Waals surface area contributed by atoms with Crippen LogP contribution < -0.4 is 15.5 Å². The molecule has 0 unspecified atom stereocenters. The standard InChI is InChI=1S/C20H19F2N3O3/c21-13-8-14(10-15(9-13)25-3-5-28-6-4-25)23-20(27)16-7-12-1-2-19(26)24-18(12)11-17(16)22/h7-11H,1-6H2,(H,23,27)(H,24,26). The van der Waals surface area contributed by atoms with E-state index in [0.29, 0.717) is 49.7 Å². The van der Waals surface area contributed by atoms with E-state index in [1.807, 2.05) is 4.90 Å². The second kappa shape index (κ2) is 7.55. The number of hydrogen-bond donors (Lipinski definition) is 2. The van der Waals surface area contributed by atoms with Crippen molar-refractivity contribution in [3.8, 4) is 0 Å². The highest BCUT2D eigenvalue weighted by atomic mass is 19.1. The van der Waals surface area contributed by atoms with Crippen molar-refractivity contribution in [1.82, 2.24) is 0 Å². The fourth-order valence-electron chi connectivity index (χ4n) is 3.43. The van der Waals surface area contributed by atoms with Gasteiger partial charge in [0.1, 0.15) is 11.6 Å². The van der Waals surface area contributed by atoms with E-state index in [4.69, 9.17) is 4.74 Å². The van der Waals surface area contributed by atoms with Gasteiger partial charge >= 0.3 is 0 Å². The maximum absolute atomic E-state index is 14.4. The summed E-state index contributed by atoms with van der Waals surface area (Å²) in [7, 11) is 0. The molecule has 2 heterocycles. The summed E-state index contributed by atoms with van der Waals surface area (Å²) in [6.07, 6.45) is 0.718. The van der Waals surface area contributed by atoms with Crippen molar-refractivity contribution in [2.24, 2.45) is 0 Å². The van der Waals surface area contributed by atoms with Crippen LogP contribution in [0.15, 0.2) is 30.3 Å². The normalized spacial score (nSPS) is 16.4. The molecule has 2 aromatic carbocycles. The average molecular weight is 387 g/mol. The zero-order valence-corrected chi connectivity index (χ0v) is 15.1. The van der Waals surface area contributed by atoms with Gasteiger partial charge in [0, 0.05) is 36.6 Å². The first kappa shape index (κ1) is 18.4. The molecule has 1 fully saturated rings. The Balaban J connectivity index is 1.57. The predicted octanol–water partition coefficient (Wildman–Crippen LogP) is 2.94. The number of carbonyl (C=O) groups is 2. The molecule has 0 radical (unpaired) electrons. The van der Waals surface area contributed by atoms with Crippen LogP contribution >= 0.6 is 0 Å². The number of nitrogens with one attached hydrogen (secondary N) is 2. The van der Waals surface area contributed by atoms with Gasteiger partial charge in [-0.15, -0.1) is 0 Å². The Morgan fingerprint density at radius 1 is 1.07 bits per heavy atom. The predicted molar refractivity (Wildman–Crippen MR) is 101 cm³/mol. The largest absolute Gasteiger partial charge is 0.378 e. The average Bonchev–Trinajstić information content (AvgIpc) is 2.67. The van der Waals surface area contributed by atoms with Crippen molar-refractivity contribution in [3.05, 3.63) is 53.1 Å². The molecule has 0 aromatic heterocycles. The first-order chi connectivity index (χ1) is 13.5. The summed E-state index contributed by atoms with van der Waals surface area (Å²) in [6, 6.07) is 6.82. The van der Waals surface area contributed by atoms with Crippen molar-refractivity contribution in [2.45, 2.75) is 12.8 Å². The molecule has 2 aliphatic heterocycles. The number of ether oxygens (including phenoxy) is 1. The third-order valence-electron chi connectivity index (χ3n) is 4.85. The molecular weight excluding hydrogens is 368 g/mol. The SMILES string of the molecule is O=C1CCc2cc(C(=O)Nc3cc(F)cc(N4CCOCC4)c3)c(F)cc2N1. The maximum Gasteiger partial charge on any atom is 0.258 e. The van der Waals surface area contributed by atoms with E-state index in [9.17, 15) is 18.4 Å². The van der Waals surface area contributed by atoms with E-state index in [0.717, 1.165) is 6.07 Å². The van der Waals surface area contributed by atoms with E-state index < -0.39 is 17.5 Å². The highest BCUT2D eigenvalue weighted by molar-refractivity contribution is 6.05. The molecule has 146 valence electrons. The minimum Gasteiger partial charge on any atom is -0.378 e. The minimum atomic E-state index is -0.747. The summed E-state index contributed by atoms with van der Waals surface area (Å²) in [5.41, 5.74) is 1.81. The van der Waals surface area contributed by atoms with E-state index in [-0.39, 0.29) is 23.6 Å². The first-order valence-corrected chi connectivity index (χ1v) is 9.06. The number of hydrogen-bond acceptors (Lipinski definition) is 4. The molecule has 0 aliphatic carbocycles. The molecule has 0 atom stereocenters. The molecule has 0 saturated carbocycles. The van der Waals surface area contributed by atoms with E-state index in [1.54, 1.807) is 6.07 Å². The molecule has 1 saturated heterocycles. The van der Waals surface area contributed by atoms with E-state index >= 15 is 0 Å². The molecule has 28 heavy (non-hydrogen) atoms. The Labute approximate surface area is 160 Å². The van der Waals surface area contributed by atoms with Crippen LogP contribution in [0.4, 0.5) is 25.8 Å². The zero-order valence-electron chi connectivity index (χ0n) is 15.1. The minimum absolute atomic E-state index is 0.146. The van der Waals surface area contributed by atoms with E-state index in [1.165, 1.54) is 18.2 Å². The summed E-state index contributed by atoms with van der Waals surface area (Å²) in [4.78, 5) is 26.0. The van der Waals surface area contributed by atoms with Crippen LogP contribution in [-0.2, 0) is 16.0 Å². The third kappa shape index (κ3) is 3.82. The number of benzene rings is 2. The fourth-order valence-corrected chi connectivity index (χ4v) is 3.43. The number of fused-ring (bicyclic) bond motifs is 1. The molecule has 2 amide bonds. The maximum atomic E-state index is 14.4. The summed E-state index contributed by atoms with van der Waals surface area (Å²) in [5, 5.41) is 5.16. The Hall–Kier alpha value is -3.00. The smallest absolute Gasteiger partial charge is 0.258 e. The zero-order chi connectivity index (χ0) is 19.7. The number of rotatable bonds is 3. The Bertz CT molecular complexity index is 943. The van der Waals surface area contributed by atoms with Crippen LogP contribution in [0.25, 0.3) is 0 Å². The van der Waals surface area contributed by atoms with Crippen LogP contribution in [0.1, 0.15) is 22.3 Å². The van der Waals surface area contributed by atoms with Gasteiger partial charge in [0.25, 0.3) is 5.91 Å². The lowest BCUT2D eigenvalue weighted by Gasteiger charge is -2.29. The van der Waals surface area contributed by atoms with Crippen LogP contribution in [0, 0.1) is 11.6 Å².